The first-order chi connectivity index (χ1) is 15.6. The minimum absolute atomic E-state index is 0.395. The van der Waals surface area contributed by atoms with Crippen LogP contribution in [0.3, 0.4) is 0 Å². The van der Waals surface area contributed by atoms with Gasteiger partial charge in [0.1, 0.15) is 5.58 Å². The molecule has 3 aromatic carbocycles. The molecule has 0 spiro atoms. The molecule has 0 saturated heterocycles. The second kappa shape index (κ2) is 9.10. The Kier molecular flexibility index (Phi) is 6.04. The highest BCUT2D eigenvalue weighted by atomic mass is 79.9. The molecule has 0 saturated carbocycles. The molecule has 0 fully saturated rings. The standard InChI is InChI=1S/C25H16Br2N2O2S/c26-18-7-5-16(6-8-18)15-32-25-28-22(14-29(25)20-11-9-19(27)10-12-20)21-13-17-3-1-2-4-23(17)31-24(21)30/h1-14H,15H2. The first kappa shape index (κ1) is 21.2. The predicted octanol–water partition coefficient (Wildman–Crippen LogP) is 7.46. The monoisotopic (exact) mass is 566 g/mol. The molecular weight excluding hydrogens is 552 g/mol. The van der Waals surface area contributed by atoms with Gasteiger partial charge in [-0.25, -0.2) is 9.78 Å². The van der Waals surface area contributed by atoms with E-state index in [0.717, 1.165) is 30.9 Å². The predicted molar refractivity (Wildman–Crippen MR) is 136 cm³/mol. The van der Waals surface area contributed by atoms with Crippen LogP contribution in [0, 0.1) is 0 Å². The van der Waals surface area contributed by atoms with Crippen LogP contribution in [0.25, 0.3) is 27.9 Å². The van der Waals surface area contributed by atoms with Crippen LogP contribution < -0.4 is 5.63 Å². The van der Waals surface area contributed by atoms with Gasteiger partial charge in [0.05, 0.1) is 11.3 Å². The summed E-state index contributed by atoms with van der Waals surface area (Å²) in [5.41, 5.74) is 3.37. The van der Waals surface area contributed by atoms with Gasteiger partial charge in [0, 0.05) is 32.0 Å². The van der Waals surface area contributed by atoms with Crippen LogP contribution in [-0.4, -0.2) is 9.55 Å². The summed E-state index contributed by atoms with van der Waals surface area (Å²) in [7, 11) is 0. The van der Waals surface area contributed by atoms with Gasteiger partial charge < -0.3 is 4.42 Å². The van der Waals surface area contributed by atoms with Crippen molar-refractivity contribution in [2.45, 2.75) is 10.9 Å². The smallest absolute Gasteiger partial charge is 0.345 e. The zero-order valence-electron chi connectivity index (χ0n) is 16.7. The van der Waals surface area contributed by atoms with Crippen LogP contribution in [0.1, 0.15) is 5.56 Å². The Hall–Kier alpha value is -2.61. The van der Waals surface area contributed by atoms with Gasteiger partial charge in [-0.05, 0) is 54.1 Å². The highest BCUT2D eigenvalue weighted by Gasteiger charge is 2.16. The third-order valence-electron chi connectivity index (χ3n) is 4.98. The normalized spacial score (nSPS) is 11.2. The topological polar surface area (TPSA) is 48.0 Å². The van der Waals surface area contributed by atoms with E-state index in [4.69, 9.17) is 9.40 Å². The van der Waals surface area contributed by atoms with Crippen molar-refractivity contribution in [1.82, 2.24) is 9.55 Å². The van der Waals surface area contributed by atoms with E-state index in [1.165, 1.54) is 5.56 Å². The SMILES string of the molecule is O=c1oc2ccccc2cc1-c1cn(-c2ccc(Br)cc2)c(SCc2ccc(Br)cc2)n1. The largest absolute Gasteiger partial charge is 0.422 e. The maximum absolute atomic E-state index is 12.7. The lowest BCUT2D eigenvalue weighted by Crippen LogP contribution is -2.02. The van der Waals surface area contributed by atoms with Crippen molar-refractivity contribution in [2.75, 3.05) is 0 Å². The maximum Gasteiger partial charge on any atom is 0.345 e. The molecule has 0 atom stereocenters. The molecule has 0 unspecified atom stereocenters. The van der Waals surface area contributed by atoms with Crippen molar-refractivity contribution in [3.63, 3.8) is 0 Å². The third-order valence-corrected chi connectivity index (χ3v) is 7.06. The van der Waals surface area contributed by atoms with Crippen molar-refractivity contribution in [3.05, 3.63) is 110 Å². The highest BCUT2D eigenvalue weighted by molar-refractivity contribution is 9.10. The van der Waals surface area contributed by atoms with E-state index in [-0.39, 0.29) is 0 Å². The average Bonchev–Trinajstić information content (AvgIpc) is 3.22. The molecule has 0 amide bonds. The zero-order chi connectivity index (χ0) is 22.1. The average molecular weight is 568 g/mol. The van der Waals surface area contributed by atoms with E-state index >= 15 is 0 Å². The van der Waals surface area contributed by atoms with Crippen molar-refractivity contribution in [3.8, 4) is 16.9 Å². The van der Waals surface area contributed by atoms with Gasteiger partial charge in [0.2, 0.25) is 0 Å². The molecule has 0 N–H and O–H groups in total. The molecule has 2 heterocycles. The van der Waals surface area contributed by atoms with Gasteiger partial charge in [0.25, 0.3) is 0 Å². The molecule has 5 rings (SSSR count). The number of nitrogens with zero attached hydrogens (tertiary/aromatic N) is 2. The number of thioether (sulfide) groups is 1. The molecule has 2 aromatic heterocycles. The minimum Gasteiger partial charge on any atom is -0.422 e. The molecule has 0 aliphatic carbocycles. The van der Waals surface area contributed by atoms with Crippen molar-refractivity contribution in [2.24, 2.45) is 0 Å². The van der Waals surface area contributed by atoms with Crippen LogP contribution in [-0.2, 0) is 5.75 Å². The number of halogens is 2. The molecule has 5 aromatic rings. The van der Waals surface area contributed by atoms with E-state index < -0.39 is 5.63 Å². The van der Waals surface area contributed by atoms with Crippen molar-refractivity contribution < 1.29 is 4.42 Å². The number of hydrogen-bond acceptors (Lipinski definition) is 4. The summed E-state index contributed by atoms with van der Waals surface area (Å²) in [5, 5.41) is 1.67. The molecule has 4 nitrogen and oxygen atoms in total. The van der Waals surface area contributed by atoms with Gasteiger partial charge >= 0.3 is 5.63 Å². The second-order valence-electron chi connectivity index (χ2n) is 7.16. The van der Waals surface area contributed by atoms with Crippen molar-refractivity contribution >= 4 is 54.6 Å². The fraction of sp³-hybridized carbons (Fsp3) is 0.0400. The maximum atomic E-state index is 12.7. The first-order valence-corrected chi connectivity index (χ1v) is 12.4. The number of rotatable bonds is 5. The van der Waals surface area contributed by atoms with E-state index in [1.54, 1.807) is 17.8 Å². The molecule has 0 aliphatic rings. The Morgan fingerprint density at radius 2 is 1.59 bits per heavy atom. The number of fused-ring (bicyclic) bond motifs is 1. The zero-order valence-corrected chi connectivity index (χ0v) is 20.7. The van der Waals surface area contributed by atoms with Gasteiger partial charge in [-0.1, -0.05) is 74.0 Å². The molecule has 158 valence electrons. The van der Waals surface area contributed by atoms with E-state index in [0.29, 0.717) is 16.8 Å². The van der Waals surface area contributed by atoms with Gasteiger partial charge in [0.15, 0.2) is 5.16 Å². The van der Waals surface area contributed by atoms with E-state index in [1.807, 2.05) is 71.4 Å². The lowest BCUT2D eigenvalue weighted by Gasteiger charge is -2.07. The number of benzene rings is 3. The van der Waals surface area contributed by atoms with Crippen LogP contribution >= 0.6 is 43.6 Å². The highest BCUT2D eigenvalue weighted by Crippen LogP contribution is 2.30. The lowest BCUT2D eigenvalue weighted by atomic mass is 10.1. The van der Waals surface area contributed by atoms with Gasteiger partial charge in [-0.2, -0.15) is 0 Å². The summed E-state index contributed by atoms with van der Waals surface area (Å²) in [5.74, 6) is 0.757. The second-order valence-corrected chi connectivity index (χ2v) is 9.93. The summed E-state index contributed by atoms with van der Waals surface area (Å²) in [6.45, 7) is 0. The summed E-state index contributed by atoms with van der Waals surface area (Å²) >= 11 is 8.59. The Balaban J connectivity index is 1.57. The molecule has 0 aliphatic heterocycles. The number of aromatic nitrogens is 2. The third kappa shape index (κ3) is 4.46. The summed E-state index contributed by atoms with van der Waals surface area (Å²) in [4.78, 5) is 17.5. The van der Waals surface area contributed by atoms with Crippen LogP contribution in [0.2, 0.25) is 0 Å². The van der Waals surface area contributed by atoms with Crippen LogP contribution in [0.4, 0.5) is 0 Å². The van der Waals surface area contributed by atoms with Crippen LogP contribution in [0.5, 0.6) is 0 Å². The Morgan fingerprint density at radius 3 is 2.34 bits per heavy atom. The van der Waals surface area contributed by atoms with Gasteiger partial charge in [-0.3, -0.25) is 4.57 Å². The minimum atomic E-state index is -0.395. The summed E-state index contributed by atoms with van der Waals surface area (Å²) in [6.07, 6.45) is 1.90. The van der Waals surface area contributed by atoms with Gasteiger partial charge in [-0.15, -0.1) is 0 Å². The molecule has 0 radical (unpaired) electrons. The Morgan fingerprint density at radius 1 is 0.906 bits per heavy atom. The summed E-state index contributed by atoms with van der Waals surface area (Å²) < 4.78 is 9.60. The number of hydrogen-bond donors (Lipinski definition) is 0. The molecule has 0 bridgehead atoms. The molecular formula is C25H16Br2N2O2S. The lowest BCUT2D eigenvalue weighted by molar-refractivity contribution is 0.563. The Labute approximate surface area is 205 Å². The number of para-hydroxylation sites is 1. The van der Waals surface area contributed by atoms with E-state index in [2.05, 4.69) is 44.0 Å². The quantitative estimate of drug-likeness (QED) is 0.163. The fourth-order valence-corrected chi connectivity index (χ4v) is 4.83. The first-order valence-electron chi connectivity index (χ1n) is 9.83. The molecule has 7 heteroatoms. The fourth-order valence-electron chi connectivity index (χ4n) is 3.35. The van der Waals surface area contributed by atoms with E-state index in [9.17, 15) is 4.79 Å². The number of imidazole rings is 1. The van der Waals surface area contributed by atoms with Crippen molar-refractivity contribution in [1.29, 1.82) is 0 Å². The summed E-state index contributed by atoms with van der Waals surface area (Å²) in [6, 6.07) is 25.6. The molecule has 32 heavy (non-hydrogen) atoms. The Bertz CT molecular complexity index is 1460. The van der Waals surface area contributed by atoms with Crippen LogP contribution in [0.15, 0.2) is 108 Å².